The fourth-order valence-corrected chi connectivity index (χ4v) is 6.59. The number of imidazole rings is 1. The van der Waals surface area contributed by atoms with Gasteiger partial charge in [-0.25, -0.2) is 9.97 Å². The largest absolute Gasteiger partial charge is 0.330 e. The minimum Gasteiger partial charge on any atom is -0.330 e. The summed E-state index contributed by atoms with van der Waals surface area (Å²) in [7, 11) is 2.87. The Balaban J connectivity index is 1.36. The van der Waals surface area contributed by atoms with Crippen LogP contribution in [0.1, 0.15) is 49.9 Å². The summed E-state index contributed by atoms with van der Waals surface area (Å²) in [5.41, 5.74) is 6.99. The number of benzene rings is 2. The quantitative estimate of drug-likeness (QED) is 0.238. The van der Waals surface area contributed by atoms with Gasteiger partial charge in [0.05, 0.1) is 27.7 Å². The van der Waals surface area contributed by atoms with Crippen LogP contribution in [0.2, 0.25) is 0 Å². The SMILES string of the molecule is CC(C)c1nc2nn(C)cc2cc1-c1nc(-c2cccc3nn(C[S@](=O)c4ccccc4)cc23)c(C2CC2)n1C. The van der Waals surface area contributed by atoms with Crippen molar-refractivity contribution in [3.63, 3.8) is 0 Å². The molecule has 40 heavy (non-hydrogen) atoms. The smallest absolute Gasteiger partial charge is 0.181 e. The van der Waals surface area contributed by atoms with Gasteiger partial charge in [0.1, 0.15) is 11.7 Å². The zero-order chi connectivity index (χ0) is 27.5. The zero-order valence-corrected chi connectivity index (χ0v) is 23.9. The molecule has 0 saturated heterocycles. The van der Waals surface area contributed by atoms with Crippen molar-refractivity contribution in [3.8, 4) is 22.6 Å². The van der Waals surface area contributed by atoms with E-state index < -0.39 is 10.8 Å². The topological polar surface area (TPSA) is 83.4 Å². The number of aromatic nitrogens is 7. The molecule has 0 spiro atoms. The molecule has 1 atom stereocenters. The van der Waals surface area contributed by atoms with E-state index in [-0.39, 0.29) is 5.92 Å². The molecule has 9 heteroatoms. The van der Waals surface area contributed by atoms with E-state index in [9.17, 15) is 4.21 Å². The average molecular weight is 550 g/mol. The van der Waals surface area contributed by atoms with Crippen LogP contribution in [0.15, 0.2) is 71.9 Å². The molecule has 1 aliphatic carbocycles. The predicted molar refractivity (Wildman–Crippen MR) is 158 cm³/mol. The van der Waals surface area contributed by atoms with Crippen molar-refractivity contribution < 1.29 is 4.21 Å². The molecular weight excluding hydrogens is 518 g/mol. The van der Waals surface area contributed by atoms with Crippen LogP contribution < -0.4 is 0 Å². The highest BCUT2D eigenvalue weighted by molar-refractivity contribution is 7.84. The lowest BCUT2D eigenvalue weighted by molar-refractivity contribution is 0.661. The Morgan fingerprint density at radius 2 is 1.75 bits per heavy atom. The molecule has 1 saturated carbocycles. The molecule has 6 aromatic rings. The molecule has 202 valence electrons. The van der Waals surface area contributed by atoms with E-state index in [4.69, 9.17) is 15.1 Å². The molecule has 7 rings (SSSR count). The fraction of sp³-hybridized carbons (Fsp3) is 0.290. The van der Waals surface area contributed by atoms with Gasteiger partial charge in [-0.05, 0) is 43.0 Å². The summed E-state index contributed by atoms with van der Waals surface area (Å²) in [6.07, 6.45) is 6.35. The van der Waals surface area contributed by atoms with Crippen LogP contribution in [-0.2, 0) is 30.8 Å². The maximum atomic E-state index is 13.0. The molecule has 4 heterocycles. The summed E-state index contributed by atoms with van der Waals surface area (Å²) in [6.45, 7) is 4.33. The van der Waals surface area contributed by atoms with Crippen LogP contribution in [-0.4, -0.2) is 38.3 Å². The summed E-state index contributed by atoms with van der Waals surface area (Å²) in [5.74, 6) is 1.93. The molecule has 1 fully saturated rings. The number of hydrogen-bond donors (Lipinski definition) is 0. The molecule has 8 nitrogen and oxygen atoms in total. The lowest BCUT2D eigenvalue weighted by atomic mass is 10.0. The van der Waals surface area contributed by atoms with Gasteiger partial charge in [-0.15, -0.1) is 0 Å². The maximum absolute atomic E-state index is 13.0. The van der Waals surface area contributed by atoms with Gasteiger partial charge < -0.3 is 4.57 Å². The Kier molecular flexibility index (Phi) is 5.92. The number of hydrogen-bond acceptors (Lipinski definition) is 5. The van der Waals surface area contributed by atoms with E-state index in [1.165, 1.54) is 5.69 Å². The van der Waals surface area contributed by atoms with Crippen molar-refractivity contribution in [3.05, 3.63) is 78.4 Å². The Labute approximate surface area is 235 Å². The van der Waals surface area contributed by atoms with Gasteiger partial charge in [0.25, 0.3) is 0 Å². The van der Waals surface area contributed by atoms with E-state index >= 15 is 0 Å². The molecule has 0 N–H and O–H groups in total. The third kappa shape index (κ3) is 4.25. The van der Waals surface area contributed by atoms with Crippen molar-refractivity contribution in [1.82, 2.24) is 34.1 Å². The number of fused-ring (bicyclic) bond motifs is 2. The first kappa shape index (κ1) is 24.9. The van der Waals surface area contributed by atoms with Gasteiger partial charge in [-0.2, -0.15) is 10.2 Å². The molecule has 0 bridgehead atoms. The van der Waals surface area contributed by atoms with Crippen LogP contribution in [0.5, 0.6) is 0 Å². The summed E-state index contributed by atoms with van der Waals surface area (Å²) < 4.78 is 18.9. The monoisotopic (exact) mass is 549 g/mol. The molecule has 0 unspecified atom stereocenters. The second kappa shape index (κ2) is 9.52. The van der Waals surface area contributed by atoms with Crippen molar-refractivity contribution >= 4 is 32.7 Å². The minimum absolute atomic E-state index is 0.220. The van der Waals surface area contributed by atoms with Crippen LogP contribution in [0.4, 0.5) is 0 Å². The van der Waals surface area contributed by atoms with Gasteiger partial charge in [-0.1, -0.05) is 44.2 Å². The summed E-state index contributed by atoms with van der Waals surface area (Å²) in [6, 6.07) is 17.9. The van der Waals surface area contributed by atoms with Gasteiger partial charge >= 0.3 is 0 Å². The third-order valence-corrected chi connectivity index (χ3v) is 8.94. The minimum atomic E-state index is -1.19. The van der Waals surface area contributed by atoms with Crippen molar-refractivity contribution in [2.75, 3.05) is 0 Å². The first-order chi connectivity index (χ1) is 19.4. The van der Waals surface area contributed by atoms with E-state index in [0.717, 1.165) is 68.0 Å². The van der Waals surface area contributed by atoms with Crippen LogP contribution >= 0.6 is 0 Å². The van der Waals surface area contributed by atoms with Crippen molar-refractivity contribution in [2.24, 2.45) is 14.1 Å². The van der Waals surface area contributed by atoms with Crippen molar-refractivity contribution in [2.45, 2.75) is 49.3 Å². The first-order valence-corrected chi connectivity index (χ1v) is 15.0. The number of nitrogens with zero attached hydrogens (tertiary/aromatic N) is 7. The van der Waals surface area contributed by atoms with Gasteiger partial charge in [0, 0.05) is 64.9 Å². The van der Waals surface area contributed by atoms with Crippen LogP contribution in [0.25, 0.3) is 44.6 Å². The Morgan fingerprint density at radius 1 is 0.950 bits per heavy atom. The Bertz CT molecular complexity index is 1910. The van der Waals surface area contributed by atoms with E-state index in [1.54, 1.807) is 4.68 Å². The number of aryl methyl sites for hydroxylation is 1. The first-order valence-electron chi connectivity index (χ1n) is 13.7. The highest BCUT2D eigenvalue weighted by Gasteiger charge is 2.33. The van der Waals surface area contributed by atoms with Gasteiger partial charge in [-0.3, -0.25) is 13.6 Å². The van der Waals surface area contributed by atoms with E-state index in [0.29, 0.717) is 11.8 Å². The van der Waals surface area contributed by atoms with Crippen LogP contribution in [0, 0.1) is 0 Å². The third-order valence-electron chi connectivity index (χ3n) is 7.64. The Hall–Kier alpha value is -4.11. The predicted octanol–water partition coefficient (Wildman–Crippen LogP) is 6.15. The highest BCUT2D eigenvalue weighted by atomic mass is 32.2. The normalized spacial score (nSPS) is 14.5. The number of rotatable bonds is 7. The van der Waals surface area contributed by atoms with Crippen molar-refractivity contribution in [1.29, 1.82) is 0 Å². The van der Waals surface area contributed by atoms with Crippen LogP contribution in [0.3, 0.4) is 0 Å². The lowest BCUT2D eigenvalue weighted by Crippen LogP contribution is -2.05. The molecule has 1 aliphatic rings. The molecule has 4 aromatic heterocycles. The summed E-state index contributed by atoms with van der Waals surface area (Å²) in [5, 5.41) is 11.4. The van der Waals surface area contributed by atoms with Gasteiger partial charge in [0.15, 0.2) is 5.65 Å². The highest BCUT2D eigenvalue weighted by Crippen LogP contribution is 2.47. The second-order valence-electron chi connectivity index (χ2n) is 11.0. The summed E-state index contributed by atoms with van der Waals surface area (Å²) >= 11 is 0. The second-order valence-corrected chi connectivity index (χ2v) is 12.4. The molecule has 0 radical (unpaired) electrons. The average Bonchev–Trinajstić information content (AvgIpc) is 3.44. The number of pyridine rings is 1. The Morgan fingerprint density at radius 3 is 2.50 bits per heavy atom. The maximum Gasteiger partial charge on any atom is 0.181 e. The van der Waals surface area contributed by atoms with Gasteiger partial charge in [0.2, 0.25) is 0 Å². The lowest BCUT2D eigenvalue weighted by Gasteiger charge is -2.12. The molecule has 2 aromatic carbocycles. The zero-order valence-electron chi connectivity index (χ0n) is 23.1. The van der Waals surface area contributed by atoms with E-state index in [1.807, 2.05) is 66.6 Å². The molecular formula is C31H31N7OS. The standard InChI is InChI=1S/C31H31N7OS/c1-19(2)27-24(15-21-16-36(3)35-30(21)32-27)31-33-28(29(37(31)4)20-13-14-20)23-11-8-12-26-25(23)17-38(34-26)18-40(39)22-9-6-5-7-10-22/h5-12,15-17,19-20H,13-14,18H2,1-4H3/t40-/m0/s1. The summed E-state index contributed by atoms with van der Waals surface area (Å²) in [4.78, 5) is 11.1. The fourth-order valence-electron chi connectivity index (χ4n) is 5.61. The van der Waals surface area contributed by atoms with E-state index in [2.05, 4.69) is 42.7 Å². The molecule has 0 aliphatic heterocycles. The molecule has 0 amide bonds.